The van der Waals surface area contributed by atoms with Gasteiger partial charge in [-0.1, -0.05) is 0 Å². The lowest BCUT2D eigenvalue weighted by atomic mass is 9.92. The number of benzene rings is 1. The summed E-state index contributed by atoms with van der Waals surface area (Å²) < 4.78 is 24.1. The molecule has 1 aromatic carbocycles. The van der Waals surface area contributed by atoms with Crippen molar-refractivity contribution in [1.29, 1.82) is 0 Å². The zero-order valence-corrected chi connectivity index (χ0v) is 27.4. The number of rotatable bonds is 10. The number of likely N-dealkylation sites (tertiary alicyclic amines) is 1. The van der Waals surface area contributed by atoms with Crippen LogP contribution in [0.25, 0.3) is 5.52 Å². The van der Waals surface area contributed by atoms with Crippen LogP contribution in [0.5, 0.6) is 11.5 Å². The molecule has 0 radical (unpaired) electrons. The predicted molar refractivity (Wildman–Crippen MR) is 166 cm³/mol. The fourth-order valence-electron chi connectivity index (χ4n) is 5.18. The van der Waals surface area contributed by atoms with Crippen LogP contribution in [0.2, 0.25) is 0 Å². The summed E-state index contributed by atoms with van der Waals surface area (Å²) in [6, 6.07) is 5.03. The normalized spacial score (nSPS) is 17.8. The quantitative estimate of drug-likeness (QED) is 0.294. The first-order chi connectivity index (χ1) is 20.4. The van der Waals surface area contributed by atoms with Gasteiger partial charge in [-0.2, -0.15) is 0 Å². The molecule has 43 heavy (non-hydrogen) atoms. The number of nitrogens with one attached hydrogen (secondary N) is 2. The van der Waals surface area contributed by atoms with E-state index in [1.165, 1.54) is 7.11 Å². The maximum absolute atomic E-state index is 13.4. The number of nitrogens with zero attached hydrogens (tertiary/aromatic N) is 4. The Morgan fingerprint density at radius 1 is 1.16 bits per heavy atom. The summed E-state index contributed by atoms with van der Waals surface area (Å²) in [7, 11) is 4.61. The second-order valence-corrected chi connectivity index (χ2v) is 12.3. The minimum absolute atomic E-state index is 0.0578. The number of anilines is 1. The van der Waals surface area contributed by atoms with Crippen LogP contribution in [0, 0.1) is 0 Å². The Kier molecular flexibility index (Phi) is 10.4. The topological polar surface area (TPSA) is 129 Å². The molecule has 234 valence electrons. The van der Waals surface area contributed by atoms with E-state index in [-0.39, 0.29) is 17.9 Å². The number of esters is 1. The number of piperidine rings is 1. The van der Waals surface area contributed by atoms with Crippen molar-refractivity contribution in [3.63, 3.8) is 0 Å². The van der Waals surface area contributed by atoms with Gasteiger partial charge >= 0.3 is 12.1 Å². The second kappa shape index (κ2) is 13.8. The number of imidazole rings is 1. The van der Waals surface area contributed by atoms with Gasteiger partial charge in [-0.3, -0.25) is 9.20 Å². The molecule has 1 aliphatic heterocycles. The Hall–Kier alpha value is -3.58. The van der Waals surface area contributed by atoms with Gasteiger partial charge in [-0.05, 0) is 68.6 Å². The van der Waals surface area contributed by atoms with Crippen molar-refractivity contribution in [3.05, 3.63) is 46.6 Å². The van der Waals surface area contributed by atoms with Crippen LogP contribution < -0.4 is 20.1 Å². The van der Waals surface area contributed by atoms with Crippen molar-refractivity contribution in [1.82, 2.24) is 24.6 Å². The lowest BCUT2D eigenvalue weighted by Gasteiger charge is -2.40. The third-order valence-electron chi connectivity index (χ3n) is 7.39. The number of methoxy groups -OCH3 is 3. The summed E-state index contributed by atoms with van der Waals surface area (Å²) >= 11 is 3.65. The molecule has 3 heterocycles. The summed E-state index contributed by atoms with van der Waals surface area (Å²) in [4.78, 5) is 36.6. The lowest BCUT2D eigenvalue weighted by Crippen LogP contribution is -2.53. The highest BCUT2D eigenvalue weighted by molar-refractivity contribution is 9.10. The zero-order chi connectivity index (χ0) is 31.3. The third kappa shape index (κ3) is 7.69. The molecule has 1 fully saturated rings. The molecule has 12 nitrogen and oxygen atoms in total. The molecular weight excluding hydrogens is 620 g/mol. The second-order valence-electron chi connectivity index (χ2n) is 11.5. The Labute approximate surface area is 260 Å². The minimum Gasteiger partial charge on any atom is -0.497 e. The van der Waals surface area contributed by atoms with E-state index >= 15 is 0 Å². The Morgan fingerprint density at radius 3 is 2.60 bits per heavy atom. The highest BCUT2D eigenvalue weighted by atomic mass is 79.9. The summed E-state index contributed by atoms with van der Waals surface area (Å²) in [6.45, 7) is 8.60. The summed E-state index contributed by atoms with van der Waals surface area (Å²) in [6.07, 6.45) is 4.70. The van der Waals surface area contributed by atoms with E-state index in [0.29, 0.717) is 48.0 Å². The van der Waals surface area contributed by atoms with Gasteiger partial charge in [0.2, 0.25) is 0 Å². The molecule has 2 N–H and O–H groups in total. The van der Waals surface area contributed by atoms with Crippen LogP contribution in [0.1, 0.15) is 57.8 Å². The van der Waals surface area contributed by atoms with E-state index in [9.17, 15) is 9.59 Å². The number of fused-ring (bicyclic) bond motifs is 1. The molecule has 0 aliphatic carbocycles. The first-order valence-electron chi connectivity index (χ1n) is 14.2. The standard InChI is InChI=1S/C30H41BrN6O6/c1-18(28(38)42-7)33-16-21-10-8-20(17-37(21)29(39)43-30(2,3)4)27-35-25(31)24-26(32-12-13-36(24)27)34-15-19-9-11-22(40-5)14-23(19)41-6/h9,11-14,18,20-21,33H,8,10,15-17H2,1-7H3,(H,32,34)/t18?,20-,21+/m1/s1. The van der Waals surface area contributed by atoms with Crippen molar-refractivity contribution in [2.24, 2.45) is 0 Å². The van der Waals surface area contributed by atoms with Crippen LogP contribution in [0.15, 0.2) is 35.2 Å². The van der Waals surface area contributed by atoms with Gasteiger partial charge < -0.3 is 34.5 Å². The molecule has 3 atom stereocenters. The van der Waals surface area contributed by atoms with Crippen LogP contribution in [-0.2, 0) is 20.8 Å². The molecule has 13 heteroatoms. The first kappa shape index (κ1) is 32.3. The molecule has 0 bridgehead atoms. The number of hydrogen-bond acceptors (Lipinski definition) is 10. The van der Waals surface area contributed by atoms with Gasteiger partial charge in [0, 0.05) is 55.6 Å². The van der Waals surface area contributed by atoms with Crippen LogP contribution in [-0.4, -0.2) is 83.4 Å². The van der Waals surface area contributed by atoms with E-state index in [1.807, 2.05) is 49.6 Å². The van der Waals surface area contributed by atoms with Crippen LogP contribution in [0.4, 0.5) is 10.6 Å². The minimum atomic E-state index is -0.650. The average molecular weight is 662 g/mol. The Balaban J connectivity index is 1.57. The van der Waals surface area contributed by atoms with Crippen molar-refractivity contribution >= 4 is 39.3 Å². The molecule has 1 unspecified atom stereocenters. The third-order valence-corrected chi connectivity index (χ3v) is 7.95. The molecule has 3 aromatic rings. The van der Waals surface area contributed by atoms with Crippen molar-refractivity contribution < 1.29 is 28.5 Å². The van der Waals surface area contributed by atoms with Gasteiger partial charge in [0.05, 0.1) is 21.3 Å². The first-order valence-corrected chi connectivity index (χ1v) is 15.0. The molecule has 1 aliphatic rings. The van der Waals surface area contributed by atoms with Gasteiger partial charge in [-0.15, -0.1) is 0 Å². The number of carbonyl (C=O) groups is 2. The van der Waals surface area contributed by atoms with Gasteiger partial charge in [-0.25, -0.2) is 14.8 Å². The van der Waals surface area contributed by atoms with Gasteiger partial charge in [0.1, 0.15) is 39.1 Å². The number of hydrogen-bond donors (Lipinski definition) is 2. The van der Waals surface area contributed by atoms with E-state index in [1.54, 1.807) is 32.2 Å². The number of aromatic nitrogens is 3. The Bertz CT molecular complexity index is 1440. The van der Waals surface area contributed by atoms with E-state index in [4.69, 9.17) is 23.9 Å². The SMILES string of the molecule is COC(=O)C(C)NC[C@@H]1CC[C@@H](c2nc(Br)c3c(NCc4ccc(OC)cc4OC)nccn23)CN1C(=O)OC(C)(C)C. The largest absolute Gasteiger partial charge is 0.497 e. The summed E-state index contributed by atoms with van der Waals surface area (Å²) in [5, 5.41) is 6.62. The number of amides is 1. The predicted octanol–water partition coefficient (Wildman–Crippen LogP) is 4.76. The molecule has 0 spiro atoms. The average Bonchev–Trinajstić information content (AvgIpc) is 3.34. The maximum Gasteiger partial charge on any atom is 0.410 e. The van der Waals surface area contributed by atoms with Crippen LogP contribution >= 0.6 is 15.9 Å². The fourth-order valence-corrected chi connectivity index (χ4v) is 5.74. The maximum atomic E-state index is 13.4. The molecule has 2 aromatic heterocycles. The monoisotopic (exact) mass is 660 g/mol. The highest BCUT2D eigenvalue weighted by Crippen LogP contribution is 2.35. The van der Waals surface area contributed by atoms with E-state index in [2.05, 4.69) is 31.5 Å². The molecule has 1 amide bonds. The number of carbonyl (C=O) groups excluding carboxylic acids is 2. The van der Waals surface area contributed by atoms with Crippen molar-refractivity contribution in [3.8, 4) is 11.5 Å². The Morgan fingerprint density at radius 2 is 1.93 bits per heavy atom. The number of ether oxygens (including phenoxy) is 4. The van der Waals surface area contributed by atoms with Gasteiger partial charge in [0.25, 0.3) is 0 Å². The van der Waals surface area contributed by atoms with Crippen molar-refractivity contribution in [2.75, 3.05) is 39.7 Å². The number of halogens is 1. The van der Waals surface area contributed by atoms with E-state index in [0.717, 1.165) is 23.3 Å². The van der Waals surface area contributed by atoms with Crippen LogP contribution in [0.3, 0.4) is 0 Å². The summed E-state index contributed by atoms with van der Waals surface area (Å²) in [5.41, 5.74) is 1.09. The fraction of sp³-hybridized carbons (Fsp3) is 0.533. The molecule has 4 rings (SSSR count). The molecular formula is C30H41BrN6O6. The smallest absolute Gasteiger partial charge is 0.410 e. The van der Waals surface area contributed by atoms with Crippen molar-refractivity contribution in [2.45, 2.75) is 70.7 Å². The lowest BCUT2D eigenvalue weighted by molar-refractivity contribution is -0.142. The highest BCUT2D eigenvalue weighted by Gasteiger charge is 2.37. The van der Waals surface area contributed by atoms with E-state index < -0.39 is 17.7 Å². The van der Waals surface area contributed by atoms with Gasteiger partial charge in [0.15, 0.2) is 5.82 Å². The summed E-state index contributed by atoms with van der Waals surface area (Å²) in [5.74, 6) is 2.49. The molecule has 0 saturated carbocycles. The zero-order valence-electron chi connectivity index (χ0n) is 25.8. The molecule has 1 saturated heterocycles.